The Labute approximate surface area is 116 Å². The van der Waals surface area contributed by atoms with Crippen molar-refractivity contribution >= 4 is 28.3 Å². The van der Waals surface area contributed by atoms with Gasteiger partial charge in [0.05, 0.1) is 5.69 Å². The molecule has 1 aromatic rings. The summed E-state index contributed by atoms with van der Waals surface area (Å²) in [6.07, 6.45) is 0. The Hall–Kier alpha value is -0.360. The molecule has 1 aliphatic rings. The lowest BCUT2D eigenvalue weighted by Gasteiger charge is -2.40. The standard InChI is InChI=1S/C13H18FIN2/c1-9(2)13-8-16-5-6-17(13)12-4-3-10(14)7-11(12)15/h3-4,7,9,13,16H,5-6,8H2,1-2H3. The van der Waals surface area contributed by atoms with Crippen LogP contribution in [-0.2, 0) is 0 Å². The minimum Gasteiger partial charge on any atom is -0.365 e. The van der Waals surface area contributed by atoms with Crippen LogP contribution in [0.4, 0.5) is 10.1 Å². The van der Waals surface area contributed by atoms with Gasteiger partial charge in [0.2, 0.25) is 0 Å². The third-order valence-electron chi connectivity index (χ3n) is 3.27. The van der Waals surface area contributed by atoms with E-state index in [0.29, 0.717) is 12.0 Å². The Morgan fingerprint density at radius 2 is 2.24 bits per heavy atom. The number of anilines is 1. The van der Waals surface area contributed by atoms with E-state index >= 15 is 0 Å². The molecule has 1 heterocycles. The van der Waals surface area contributed by atoms with Crippen molar-refractivity contribution in [3.05, 3.63) is 27.6 Å². The van der Waals surface area contributed by atoms with Crippen LogP contribution in [0.15, 0.2) is 18.2 Å². The average Bonchev–Trinajstić information content (AvgIpc) is 2.29. The Bertz CT molecular complexity index is 395. The van der Waals surface area contributed by atoms with Gasteiger partial charge in [-0.3, -0.25) is 0 Å². The van der Waals surface area contributed by atoms with Gasteiger partial charge in [-0.15, -0.1) is 0 Å². The molecule has 17 heavy (non-hydrogen) atoms. The first-order valence-corrected chi connectivity index (χ1v) is 7.10. The van der Waals surface area contributed by atoms with Gasteiger partial charge in [0.15, 0.2) is 0 Å². The highest BCUT2D eigenvalue weighted by molar-refractivity contribution is 14.1. The topological polar surface area (TPSA) is 15.3 Å². The van der Waals surface area contributed by atoms with E-state index in [4.69, 9.17) is 0 Å². The third-order valence-corrected chi connectivity index (χ3v) is 4.14. The molecule has 0 aromatic heterocycles. The lowest BCUT2D eigenvalue weighted by atomic mass is 10.00. The first kappa shape index (κ1) is 13.1. The summed E-state index contributed by atoms with van der Waals surface area (Å²) in [4.78, 5) is 2.41. The number of hydrogen-bond donors (Lipinski definition) is 1. The molecule has 4 heteroatoms. The molecule has 94 valence electrons. The van der Waals surface area contributed by atoms with E-state index in [2.05, 4.69) is 46.7 Å². The highest BCUT2D eigenvalue weighted by atomic mass is 127. The van der Waals surface area contributed by atoms with Crippen molar-refractivity contribution < 1.29 is 4.39 Å². The molecular formula is C13H18FIN2. The van der Waals surface area contributed by atoms with Gasteiger partial charge in [-0.25, -0.2) is 4.39 Å². The van der Waals surface area contributed by atoms with Crippen LogP contribution in [0.1, 0.15) is 13.8 Å². The van der Waals surface area contributed by atoms with Crippen molar-refractivity contribution in [2.24, 2.45) is 5.92 Å². The number of hydrogen-bond acceptors (Lipinski definition) is 2. The number of rotatable bonds is 2. The molecule has 1 unspecified atom stereocenters. The van der Waals surface area contributed by atoms with E-state index in [1.807, 2.05) is 6.07 Å². The van der Waals surface area contributed by atoms with E-state index in [9.17, 15) is 4.39 Å². The summed E-state index contributed by atoms with van der Waals surface area (Å²) in [5.74, 6) is 0.429. The highest BCUT2D eigenvalue weighted by Gasteiger charge is 2.26. The summed E-state index contributed by atoms with van der Waals surface area (Å²) in [5, 5.41) is 3.43. The zero-order valence-corrected chi connectivity index (χ0v) is 12.4. The van der Waals surface area contributed by atoms with Gasteiger partial charge < -0.3 is 10.2 Å². The van der Waals surface area contributed by atoms with Crippen molar-refractivity contribution in [3.8, 4) is 0 Å². The minimum absolute atomic E-state index is 0.158. The Kier molecular flexibility index (Phi) is 4.25. The Morgan fingerprint density at radius 1 is 1.47 bits per heavy atom. The molecule has 0 spiro atoms. The second-order valence-corrected chi connectivity index (χ2v) is 5.97. The fourth-order valence-electron chi connectivity index (χ4n) is 2.33. The first-order valence-electron chi connectivity index (χ1n) is 6.02. The van der Waals surface area contributed by atoms with Crippen LogP contribution in [0.25, 0.3) is 0 Å². The smallest absolute Gasteiger partial charge is 0.124 e. The number of nitrogens with one attached hydrogen (secondary N) is 1. The lowest BCUT2D eigenvalue weighted by Crippen LogP contribution is -2.54. The predicted octanol–water partition coefficient (Wildman–Crippen LogP) is 2.86. The molecule has 0 amide bonds. The maximum atomic E-state index is 13.1. The Balaban J connectivity index is 2.29. The molecule has 2 rings (SSSR count). The molecule has 1 atom stereocenters. The summed E-state index contributed by atoms with van der Waals surface area (Å²) in [6.45, 7) is 7.47. The van der Waals surface area contributed by atoms with Crippen molar-refractivity contribution in [2.45, 2.75) is 19.9 Å². The van der Waals surface area contributed by atoms with Gasteiger partial charge >= 0.3 is 0 Å². The van der Waals surface area contributed by atoms with Crippen molar-refractivity contribution in [2.75, 3.05) is 24.5 Å². The molecule has 1 aromatic carbocycles. The number of piperazine rings is 1. The molecule has 1 saturated heterocycles. The van der Waals surface area contributed by atoms with Crippen molar-refractivity contribution in [1.82, 2.24) is 5.32 Å². The van der Waals surface area contributed by atoms with Gasteiger partial charge in [0.1, 0.15) is 5.82 Å². The van der Waals surface area contributed by atoms with Crippen LogP contribution in [-0.4, -0.2) is 25.7 Å². The molecule has 0 aliphatic carbocycles. The number of benzene rings is 1. The van der Waals surface area contributed by atoms with E-state index in [1.165, 1.54) is 0 Å². The van der Waals surface area contributed by atoms with E-state index in [1.54, 1.807) is 12.1 Å². The van der Waals surface area contributed by atoms with Crippen LogP contribution in [0, 0.1) is 15.3 Å². The predicted molar refractivity (Wildman–Crippen MR) is 78.0 cm³/mol. The quantitative estimate of drug-likeness (QED) is 0.827. The molecule has 1 N–H and O–H groups in total. The maximum Gasteiger partial charge on any atom is 0.124 e. The molecule has 1 aliphatic heterocycles. The van der Waals surface area contributed by atoms with Gasteiger partial charge in [0, 0.05) is 29.2 Å². The second kappa shape index (κ2) is 5.52. The second-order valence-electron chi connectivity index (χ2n) is 4.80. The van der Waals surface area contributed by atoms with E-state index in [0.717, 1.165) is 28.9 Å². The van der Waals surface area contributed by atoms with Crippen molar-refractivity contribution in [3.63, 3.8) is 0 Å². The van der Waals surface area contributed by atoms with E-state index in [-0.39, 0.29) is 5.82 Å². The first-order chi connectivity index (χ1) is 8.09. The Morgan fingerprint density at radius 3 is 2.88 bits per heavy atom. The lowest BCUT2D eigenvalue weighted by molar-refractivity contribution is 0.390. The number of halogens is 2. The van der Waals surface area contributed by atoms with Crippen LogP contribution >= 0.6 is 22.6 Å². The summed E-state index contributed by atoms with van der Waals surface area (Å²) in [7, 11) is 0. The molecule has 0 radical (unpaired) electrons. The van der Waals surface area contributed by atoms with Crippen LogP contribution in [0.3, 0.4) is 0 Å². The van der Waals surface area contributed by atoms with Crippen LogP contribution in [0.5, 0.6) is 0 Å². The van der Waals surface area contributed by atoms with E-state index < -0.39 is 0 Å². The van der Waals surface area contributed by atoms with Crippen LogP contribution < -0.4 is 10.2 Å². The summed E-state index contributed by atoms with van der Waals surface area (Å²) >= 11 is 2.22. The van der Waals surface area contributed by atoms with Gasteiger partial charge in [-0.2, -0.15) is 0 Å². The summed E-state index contributed by atoms with van der Waals surface area (Å²) < 4.78 is 14.1. The largest absolute Gasteiger partial charge is 0.365 e. The van der Waals surface area contributed by atoms with Gasteiger partial charge in [-0.05, 0) is 46.7 Å². The monoisotopic (exact) mass is 348 g/mol. The summed E-state index contributed by atoms with van der Waals surface area (Å²) in [6, 6.07) is 5.55. The molecule has 0 bridgehead atoms. The van der Waals surface area contributed by atoms with Crippen molar-refractivity contribution in [1.29, 1.82) is 0 Å². The normalized spacial score (nSPS) is 21.0. The fraction of sp³-hybridized carbons (Fsp3) is 0.538. The number of nitrogens with zero attached hydrogens (tertiary/aromatic N) is 1. The highest BCUT2D eigenvalue weighted by Crippen LogP contribution is 2.27. The molecule has 1 fully saturated rings. The maximum absolute atomic E-state index is 13.1. The third kappa shape index (κ3) is 2.91. The minimum atomic E-state index is -0.158. The zero-order valence-electron chi connectivity index (χ0n) is 10.2. The van der Waals surface area contributed by atoms with Gasteiger partial charge in [-0.1, -0.05) is 13.8 Å². The van der Waals surface area contributed by atoms with Gasteiger partial charge in [0.25, 0.3) is 0 Å². The molecule has 0 saturated carbocycles. The fourth-order valence-corrected chi connectivity index (χ4v) is 3.12. The SMILES string of the molecule is CC(C)C1CNCCN1c1ccc(F)cc1I. The zero-order chi connectivity index (χ0) is 12.4. The molecular weight excluding hydrogens is 330 g/mol. The summed E-state index contributed by atoms with van der Waals surface area (Å²) in [5.41, 5.74) is 1.16. The van der Waals surface area contributed by atoms with Crippen LogP contribution in [0.2, 0.25) is 0 Å². The average molecular weight is 348 g/mol. The molecule has 2 nitrogen and oxygen atoms in total.